The number of esters is 1. The summed E-state index contributed by atoms with van der Waals surface area (Å²) in [6.07, 6.45) is 0. The van der Waals surface area contributed by atoms with Crippen molar-refractivity contribution in [2.24, 2.45) is 0 Å². The maximum atomic E-state index is 13.1. The molecule has 0 aliphatic rings. The lowest BCUT2D eigenvalue weighted by molar-refractivity contribution is -0.121. The molecule has 5 nitrogen and oxygen atoms in total. The number of likely N-dealkylation sites (N-methyl/N-ethyl adjacent to an activating group) is 1. The first-order valence-electron chi connectivity index (χ1n) is 8.75. The molecule has 0 aliphatic heterocycles. The van der Waals surface area contributed by atoms with Crippen LogP contribution in [0.15, 0.2) is 54.6 Å². The molecule has 0 bridgehead atoms. The summed E-state index contributed by atoms with van der Waals surface area (Å²) in [7, 11) is 0. The third kappa shape index (κ3) is 4.43. The molecule has 0 aliphatic carbocycles. The zero-order valence-electron chi connectivity index (χ0n) is 15.5. The molecule has 0 saturated heterocycles. The van der Waals surface area contributed by atoms with Crippen LogP contribution in [0.25, 0.3) is 10.6 Å². The quantitative estimate of drug-likeness (QED) is 0.575. The second-order valence-electron chi connectivity index (χ2n) is 5.99. The average Bonchev–Trinajstić information content (AvgIpc) is 3.10. The Balaban J connectivity index is 1.67. The Morgan fingerprint density at radius 3 is 2.43 bits per heavy atom. The van der Waals surface area contributed by atoms with Gasteiger partial charge in [-0.05, 0) is 38.1 Å². The van der Waals surface area contributed by atoms with Crippen LogP contribution in [0.2, 0.25) is 0 Å². The number of thiazole rings is 1. The molecular formula is C21H19FN2O3S. The summed E-state index contributed by atoms with van der Waals surface area (Å²) in [5, 5.41) is 0.720. The molecule has 2 aromatic carbocycles. The molecule has 0 radical (unpaired) electrons. The van der Waals surface area contributed by atoms with Gasteiger partial charge in [0.1, 0.15) is 15.7 Å². The molecule has 0 N–H and O–H groups in total. The topological polar surface area (TPSA) is 59.5 Å². The molecule has 28 heavy (non-hydrogen) atoms. The van der Waals surface area contributed by atoms with E-state index < -0.39 is 12.6 Å². The van der Waals surface area contributed by atoms with Crippen LogP contribution >= 0.6 is 11.3 Å². The maximum Gasteiger partial charge on any atom is 0.350 e. The fourth-order valence-corrected chi connectivity index (χ4v) is 3.65. The van der Waals surface area contributed by atoms with Gasteiger partial charge in [-0.1, -0.05) is 30.3 Å². The van der Waals surface area contributed by atoms with Crippen molar-refractivity contribution in [2.75, 3.05) is 18.1 Å². The highest BCUT2D eigenvalue weighted by molar-refractivity contribution is 7.17. The van der Waals surface area contributed by atoms with Crippen LogP contribution in [-0.2, 0) is 9.53 Å². The van der Waals surface area contributed by atoms with Crippen LogP contribution in [0.1, 0.15) is 22.3 Å². The summed E-state index contributed by atoms with van der Waals surface area (Å²) in [6.45, 7) is 3.50. The van der Waals surface area contributed by atoms with E-state index in [0.717, 1.165) is 10.6 Å². The summed E-state index contributed by atoms with van der Waals surface area (Å²) in [6, 6.07) is 15.1. The van der Waals surface area contributed by atoms with Crippen LogP contribution in [-0.4, -0.2) is 30.0 Å². The summed E-state index contributed by atoms with van der Waals surface area (Å²) in [5.74, 6) is -1.35. The number of benzene rings is 2. The van der Waals surface area contributed by atoms with E-state index in [2.05, 4.69) is 4.98 Å². The summed E-state index contributed by atoms with van der Waals surface area (Å²) in [5.41, 5.74) is 2.02. The normalized spacial score (nSPS) is 10.5. The SMILES string of the molecule is CCN(C(=O)COC(=O)c1sc(-c2ccccc2)nc1C)c1ccc(F)cc1. The van der Waals surface area contributed by atoms with Crippen molar-refractivity contribution in [2.45, 2.75) is 13.8 Å². The molecule has 1 aromatic heterocycles. The van der Waals surface area contributed by atoms with Gasteiger partial charge in [0.05, 0.1) is 5.69 Å². The number of aromatic nitrogens is 1. The van der Waals surface area contributed by atoms with Crippen LogP contribution in [0.5, 0.6) is 0 Å². The molecule has 1 amide bonds. The van der Waals surface area contributed by atoms with Gasteiger partial charge >= 0.3 is 5.97 Å². The fraction of sp³-hybridized carbons (Fsp3) is 0.190. The van der Waals surface area contributed by atoms with Crippen LogP contribution in [0.3, 0.4) is 0 Å². The van der Waals surface area contributed by atoms with Gasteiger partial charge in [-0.25, -0.2) is 14.2 Å². The molecular weight excluding hydrogens is 379 g/mol. The molecule has 0 atom stereocenters. The van der Waals surface area contributed by atoms with Crippen LogP contribution in [0, 0.1) is 12.7 Å². The number of hydrogen-bond donors (Lipinski definition) is 0. The number of carbonyl (C=O) groups is 2. The third-order valence-electron chi connectivity index (χ3n) is 4.09. The van der Waals surface area contributed by atoms with E-state index in [0.29, 0.717) is 22.8 Å². The molecule has 144 valence electrons. The van der Waals surface area contributed by atoms with E-state index >= 15 is 0 Å². The highest BCUT2D eigenvalue weighted by Crippen LogP contribution is 2.28. The van der Waals surface area contributed by atoms with Crippen LogP contribution in [0.4, 0.5) is 10.1 Å². The minimum Gasteiger partial charge on any atom is -0.451 e. The van der Waals surface area contributed by atoms with Crippen LogP contribution < -0.4 is 4.90 Å². The Kier molecular flexibility index (Phi) is 6.16. The number of carbonyl (C=O) groups excluding carboxylic acids is 2. The summed E-state index contributed by atoms with van der Waals surface area (Å²) in [4.78, 5) is 31.1. The second kappa shape index (κ2) is 8.75. The van der Waals surface area contributed by atoms with E-state index in [9.17, 15) is 14.0 Å². The van der Waals surface area contributed by atoms with E-state index in [4.69, 9.17) is 4.74 Å². The summed E-state index contributed by atoms with van der Waals surface area (Å²) >= 11 is 1.23. The number of amides is 1. The van der Waals surface area contributed by atoms with Gasteiger partial charge in [-0.3, -0.25) is 4.79 Å². The second-order valence-corrected chi connectivity index (χ2v) is 6.99. The van der Waals surface area contributed by atoms with E-state index in [1.165, 1.54) is 40.5 Å². The smallest absolute Gasteiger partial charge is 0.350 e. The number of ether oxygens (including phenoxy) is 1. The molecule has 1 heterocycles. The van der Waals surface area contributed by atoms with Crippen molar-refractivity contribution in [3.63, 3.8) is 0 Å². The Hall–Kier alpha value is -3.06. The first kappa shape index (κ1) is 19.7. The first-order chi connectivity index (χ1) is 13.5. The van der Waals surface area contributed by atoms with Gasteiger partial charge in [0.15, 0.2) is 6.61 Å². The molecule has 7 heteroatoms. The van der Waals surface area contributed by atoms with Crippen molar-refractivity contribution in [3.05, 3.63) is 71.0 Å². The van der Waals surface area contributed by atoms with Gasteiger partial charge < -0.3 is 9.64 Å². The number of hydrogen-bond acceptors (Lipinski definition) is 5. The standard InChI is InChI=1S/C21H19FN2O3S/c1-3-24(17-11-9-16(22)10-12-17)18(25)13-27-21(26)19-14(2)23-20(28-19)15-7-5-4-6-8-15/h4-12H,3,13H2,1-2H3. The highest BCUT2D eigenvalue weighted by Gasteiger charge is 2.21. The van der Waals surface area contributed by atoms with Crippen molar-refractivity contribution in [1.82, 2.24) is 4.98 Å². The van der Waals surface area contributed by atoms with Crippen molar-refractivity contribution in [3.8, 4) is 10.6 Å². The van der Waals surface area contributed by atoms with E-state index in [1.807, 2.05) is 30.3 Å². The molecule has 0 fully saturated rings. The molecule has 0 spiro atoms. The van der Waals surface area contributed by atoms with E-state index in [1.54, 1.807) is 13.8 Å². The van der Waals surface area contributed by atoms with Crippen molar-refractivity contribution in [1.29, 1.82) is 0 Å². The van der Waals surface area contributed by atoms with Gasteiger partial charge in [0, 0.05) is 17.8 Å². The number of nitrogens with zero attached hydrogens (tertiary/aromatic N) is 2. The Labute approximate surface area is 166 Å². The zero-order chi connectivity index (χ0) is 20.1. The minimum absolute atomic E-state index is 0.372. The number of anilines is 1. The Morgan fingerprint density at radius 1 is 1.11 bits per heavy atom. The lowest BCUT2D eigenvalue weighted by atomic mass is 10.2. The number of rotatable bonds is 6. The predicted molar refractivity (Wildman–Crippen MR) is 107 cm³/mol. The fourth-order valence-electron chi connectivity index (χ4n) is 2.68. The molecule has 3 aromatic rings. The highest BCUT2D eigenvalue weighted by atomic mass is 32.1. The maximum absolute atomic E-state index is 13.1. The Bertz CT molecular complexity index is 971. The van der Waals surface area contributed by atoms with Gasteiger partial charge in [0.25, 0.3) is 5.91 Å². The van der Waals surface area contributed by atoms with Gasteiger partial charge in [0.2, 0.25) is 0 Å². The number of aryl methyl sites for hydroxylation is 1. The summed E-state index contributed by atoms with van der Waals surface area (Å²) < 4.78 is 18.3. The van der Waals surface area contributed by atoms with Gasteiger partial charge in [-0.15, -0.1) is 11.3 Å². The lowest BCUT2D eigenvalue weighted by Gasteiger charge is -2.20. The van der Waals surface area contributed by atoms with Gasteiger partial charge in [-0.2, -0.15) is 0 Å². The molecule has 3 rings (SSSR count). The minimum atomic E-state index is -0.583. The largest absolute Gasteiger partial charge is 0.451 e. The predicted octanol–water partition coefficient (Wildman–Crippen LogP) is 4.47. The van der Waals surface area contributed by atoms with Crippen molar-refractivity contribution >= 4 is 28.9 Å². The first-order valence-corrected chi connectivity index (χ1v) is 9.57. The Morgan fingerprint density at radius 2 is 1.79 bits per heavy atom. The number of halogens is 1. The van der Waals surface area contributed by atoms with Crippen molar-refractivity contribution < 1.29 is 18.7 Å². The van der Waals surface area contributed by atoms with E-state index in [-0.39, 0.29) is 11.7 Å². The average molecular weight is 398 g/mol. The lowest BCUT2D eigenvalue weighted by Crippen LogP contribution is -2.34. The molecule has 0 unspecified atom stereocenters. The zero-order valence-corrected chi connectivity index (χ0v) is 16.3. The monoisotopic (exact) mass is 398 g/mol. The third-order valence-corrected chi connectivity index (χ3v) is 5.27. The molecule has 0 saturated carbocycles.